The Morgan fingerprint density at radius 1 is 1.04 bits per heavy atom. The summed E-state index contributed by atoms with van der Waals surface area (Å²) in [5.74, 6) is -1.45. The smallest absolute Gasteiger partial charge is 0.351 e. The Bertz CT molecular complexity index is 976. The van der Waals surface area contributed by atoms with Gasteiger partial charge >= 0.3 is 11.9 Å². The van der Waals surface area contributed by atoms with E-state index < -0.39 is 26.7 Å². The van der Waals surface area contributed by atoms with Crippen molar-refractivity contribution in [3.8, 4) is 0 Å². The zero-order valence-electron chi connectivity index (χ0n) is 15.8. The largest absolute Gasteiger partial charge is 0.465 e. The van der Waals surface area contributed by atoms with E-state index in [0.29, 0.717) is 11.3 Å². The van der Waals surface area contributed by atoms with Crippen LogP contribution in [0.25, 0.3) is 0 Å². The summed E-state index contributed by atoms with van der Waals surface area (Å²) in [4.78, 5) is 23.2. The molecule has 0 heterocycles. The van der Waals surface area contributed by atoms with Crippen LogP contribution in [-0.2, 0) is 24.1 Å². The molecule has 0 unspecified atom stereocenters. The quantitative estimate of drug-likeness (QED) is 0.560. The third kappa shape index (κ3) is 4.98. The Balaban J connectivity index is 2.36. The monoisotopic (exact) mass is 403 g/mol. The number of carbonyl (C=O) groups excluding carboxylic acids is 2. The van der Waals surface area contributed by atoms with Gasteiger partial charge in [-0.1, -0.05) is 17.7 Å². The Morgan fingerprint density at radius 2 is 1.64 bits per heavy atom. The molecule has 2 aromatic carbocycles. The van der Waals surface area contributed by atoms with Crippen LogP contribution in [0.1, 0.15) is 22.8 Å². The number of esters is 2. The highest BCUT2D eigenvalue weighted by atomic mass is 32.2. The third-order valence-corrected chi connectivity index (χ3v) is 5.53. The van der Waals surface area contributed by atoms with E-state index in [9.17, 15) is 18.0 Å². The maximum absolute atomic E-state index is 12.9. The minimum absolute atomic E-state index is 0.0137. The van der Waals surface area contributed by atoms with Crippen molar-refractivity contribution in [3.63, 3.8) is 0 Å². The first-order chi connectivity index (χ1) is 13.3. The average Bonchev–Trinajstić information content (AvgIpc) is 2.68. The maximum Gasteiger partial charge on any atom is 0.351 e. The van der Waals surface area contributed by atoms with Crippen molar-refractivity contribution in [2.45, 2.75) is 18.7 Å². The predicted molar refractivity (Wildman–Crippen MR) is 104 cm³/mol. The lowest BCUT2D eigenvalue weighted by atomic mass is 10.2. The summed E-state index contributed by atoms with van der Waals surface area (Å²) in [6.45, 7) is 3.46. The van der Waals surface area contributed by atoms with Crippen molar-refractivity contribution in [2.24, 2.45) is 0 Å². The fraction of sp³-hybridized carbons (Fsp3) is 0.200. The lowest BCUT2D eigenvalue weighted by Crippen LogP contribution is -2.18. The molecular weight excluding hydrogens is 382 g/mol. The van der Waals surface area contributed by atoms with Gasteiger partial charge in [0.25, 0.3) is 0 Å². The van der Waals surface area contributed by atoms with Gasteiger partial charge in [0.05, 0.1) is 24.2 Å². The number of nitrogens with one attached hydrogen (secondary N) is 1. The van der Waals surface area contributed by atoms with E-state index in [2.05, 4.69) is 10.1 Å². The van der Waals surface area contributed by atoms with Crippen molar-refractivity contribution >= 4 is 27.5 Å². The van der Waals surface area contributed by atoms with Gasteiger partial charge in [-0.2, -0.15) is 0 Å². The molecule has 0 saturated heterocycles. The van der Waals surface area contributed by atoms with Crippen molar-refractivity contribution in [3.05, 3.63) is 70.8 Å². The minimum atomic E-state index is -4.09. The van der Waals surface area contributed by atoms with E-state index in [1.54, 1.807) is 31.2 Å². The topological polar surface area (TPSA) is 98.8 Å². The van der Waals surface area contributed by atoms with Gasteiger partial charge < -0.3 is 14.8 Å². The number of sulfone groups is 1. The highest BCUT2D eigenvalue weighted by molar-refractivity contribution is 7.96. The maximum atomic E-state index is 12.9. The van der Waals surface area contributed by atoms with Crippen molar-refractivity contribution in [2.75, 3.05) is 19.0 Å². The molecule has 0 aliphatic heterocycles. The summed E-state index contributed by atoms with van der Waals surface area (Å²) in [7, 11) is -2.81. The van der Waals surface area contributed by atoms with E-state index in [1.807, 2.05) is 6.92 Å². The van der Waals surface area contributed by atoms with Crippen LogP contribution < -0.4 is 5.32 Å². The molecule has 2 aromatic rings. The van der Waals surface area contributed by atoms with Crippen LogP contribution in [-0.4, -0.2) is 34.1 Å². The Kier molecular flexibility index (Phi) is 6.94. The number of rotatable bonds is 7. The number of benzene rings is 2. The number of methoxy groups -OCH3 is 1. The molecule has 1 N–H and O–H groups in total. The number of hydrogen-bond donors (Lipinski definition) is 1. The summed E-state index contributed by atoms with van der Waals surface area (Å²) >= 11 is 0. The number of ether oxygens (including phenoxy) is 2. The Hall–Kier alpha value is -3.13. The number of anilines is 1. The molecule has 0 amide bonds. The molecule has 7 nitrogen and oxygen atoms in total. The van der Waals surface area contributed by atoms with Gasteiger partial charge in [0, 0.05) is 11.9 Å². The second kappa shape index (κ2) is 9.18. The van der Waals surface area contributed by atoms with Gasteiger partial charge in [-0.3, -0.25) is 0 Å². The third-order valence-electron chi connectivity index (χ3n) is 3.77. The zero-order chi connectivity index (χ0) is 20.7. The fourth-order valence-electron chi connectivity index (χ4n) is 2.26. The lowest BCUT2D eigenvalue weighted by Gasteiger charge is -2.10. The van der Waals surface area contributed by atoms with Gasteiger partial charge in [-0.15, -0.1) is 0 Å². The summed E-state index contributed by atoms with van der Waals surface area (Å²) in [5, 5.41) is 2.76. The van der Waals surface area contributed by atoms with Crippen LogP contribution in [0.3, 0.4) is 0 Å². The second-order valence-electron chi connectivity index (χ2n) is 5.76. The lowest BCUT2D eigenvalue weighted by molar-refractivity contribution is -0.137. The van der Waals surface area contributed by atoms with Gasteiger partial charge in [-0.25, -0.2) is 18.0 Å². The number of aryl methyl sites for hydroxylation is 1. The van der Waals surface area contributed by atoms with Crippen LogP contribution in [0.4, 0.5) is 5.69 Å². The number of carbonyl (C=O) groups is 2. The molecule has 0 aliphatic rings. The molecule has 8 heteroatoms. The molecule has 0 spiro atoms. The predicted octanol–water partition coefficient (Wildman–Crippen LogP) is 3.07. The molecular formula is C20H21NO6S. The molecule has 0 aromatic heterocycles. The fourth-order valence-corrected chi connectivity index (χ4v) is 3.50. The molecule has 148 valence electrons. The number of hydrogen-bond acceptors (Lipinski definition) is 7. The van der Waals surface area contributed by atoms with Crippen LogP contribution in [0, 0.1) is 6.92 Å². The van der Waals surface area contributed by atoms with Crippen LogP contribution in [0.15, 0.2) is 64.5 Å². The molecule has 0 saturated carbocycles. The summed E-state index contributed by atoms with van der Waals surface area (Å²) in [6.07, 6.45) is 1.08. The normalized spacial score (nSPS) is 11.6. The molecule has 2 rings (SSSR count). The van der Waals surface area contributed by atoms with E-state index in [-0.39, 0.29) is 11.5 Å². The van der Waals surface area contributed by atoms with E-state index in [4.69, 9.17) is 4.74 Å². The molecule has 0 aliphatic carbocycles. The Morgan fingerprint density at radius 3 is 2.18 bits per heavy atom. The van der Waals surface area contributed by atoms with Crippen molar-refractivity contribution < 1.29 is 27.5 Å². The highest BCUT2D eigenvalue weighted by Crippen LogP contribution is 2.22. The van der Waals surface area contributed by atoms with Gasteiger partial charge in [0.15, 0.2) is 4.91 Å². The van der Waals surface area contributed by atoms with Crippen molar-refractivity contribution in [1.29, 1.82) is 0 Å². The first kappa shape index (κ1) is 21.2. The minimum Gasteiger partial charge on any atom is -0.465 e. The first-order valence-corrected chi connectivity index (χ1v) is 9.92. The molecule has 0 fully saturated rings. The van der Waals surface area contributed by atoms with E-state index >= 15 is 0 Å². The molecule has 0 bridgehead atoms. The molecule has 0 atom stereocenters. The Labute approximate surface area is 163 Å². The van der Waals surface area contributed by atoms with Crippen LogP contribution >= 0.6 is 0 Å². The SMILES string of the molecule is CCOC(=O)/C(=C\Nc1ccc(C(=O)OC)cc1)S(=O)(=O)c1ccc(C)cc1. The second-order valence-corrected chi connectivity index (χ2v) is 7.68. The van der Waals surface area contributed by atoms with E-state index in [1.165, 1.54) is 31.4 Å². The molecule has 28 heavy (non-hydrogen) atoms. The average molecular weight is 403 g/mol. The van der Waals surface area contributed by atoms with Gasteiger partial charge in [-0.05, 0) is 50.2 Å². The summed E-state index contributed by atoms with van der Waals surface area (Å²) in [6, 6.07) is 12.3. The van der Waals surface area contributed by atoms with Crippen molar-refractivity contribution in [1.82, 2.24) is 0 Å². The zero-order valence-corrected chi connectivity index (χ0v) is 16.6. The molecule has 0 radical (unpaired) electrons. The van der Waals surface area contributed by atoms with E-state index in [0.717, 1.165) is 11.8 Å². The summed E-state index contributed by atoms with van der Waals surface area (Å²) in [5.41, 5.74) is 1.72. The van der Waals surface area contributed by atoms with Gasteiger partial charge in [0.1, 0.15) is 0 Å². The van der Waals surface area contributed by atoms with Gasteiger partial charge in [0.2, 0.25) is 9.84 Å². The van der Waals surface area contributed by atoms with Crippen LogP contribution in [0.2, 0.25) is 0 Å². The highest BCUT2D eigenvalue weighted by Gasteiger charge is 2.28. The van der Waals surface area contributed by atoms with Crippen LogP contribution in [0.5, 0.6) is 0 Å². The standard InChI is InChI=1S/C20H21NO6S/c1-4-27-20(23)18(28(24,25)17-11-5-14(2)6-12-17)13-21-16-9-7-15(8-10-16)19(22)26-3/h5-13,21H,4H2,1-3H3/b18-13+. The first-order valence-electron chi connectivity index (χ1n) is 8.43. The summed E-state index contributed by atoms with van der Waals surface area (Å²) < 4.78 is 35.3.